The van der Waals surface area contributed by atoms with E-state index in [1.165, 1.54) is 11.1 Å². The molecule has 6 nitrogen and oxygen atoms in total. The number of nitrogens with zero attached hydrogens (tertiary/aromatic N) is 3. The number of likely N-dealkylation sites (N-methyl/N-ethyl adjacent to an activating group) is 3. The van der Waals surface area contributed by atoms with E-state index in [9.17, 15) is 9.90 Å². The second-order valence-corrected chi connectivity index (χ2v) is 11.4. The molecule has 2 aliphatic heterocycles. The third-order valence-corrected chi connectivity index (χ3v) is 9.65. The zero-order valence-electron chi connectivity index (χ0n) is 21.8. The van der Waals surface area contributed by atoms with Crippen LogP contribution in [0.1, 0.15) is 41.5 Å². The number of amides is 1. The van der Waals surface area contributed by atoms with Crippen molar-refractivity contribution < 1.29 is 14.6 Å². The highest BCUT2D eigenvalue weighted by atomic mass is 16.5. The monoisotopic (exact) mass is 485 g/mol. The number of likely N-dealkylation sites (tertiary alicyclic amines) is 1. The Morgan fingerprint density at radius 2 is 2.00 bits per heavy atom. The molecule has 2 aromatic rings. The van der Waals surface area contributed by atoms with Gasteiger partial charge in [0.15, 0.2) is 11.5 Å². The first-order valence-corrected chi connectivity index (χ1v) is 13.0. The van der Waals surface area contributed by atoms with Gasteiger partial charge in [-0.3, -0.25) is 4.79 Å². The van der Waals surface area contributed by atoms with Gasteiger partial charge in [-0.1, -0.05) is 24.1 Å². The largest absolute Gasteiger partial charge is 0.504 e. The highest BCUT2D eigenvalue weighted by molar-refractivity contribution is 5.94. The Hall–Kier alpha value is -3.01. The summed E-state index contributed by atoms with van der Waals surface area (Å²) in [6, 6.07) is 12.0. The fourth-order valence-corrected chi connectivity index (χ4v) is 8.13. The van der Waals surface area contributed by atoms with Gasteiger partial charge >= 0.3 is 0 Å². The number of carbonyl (C=O) groups excluding carboxylic acids is 1. The van der Waals surface area contributed by atoms with E-state index in [0.717, 1.165) is 43.4 Å². The fourth-order valence-electron chi connectivity index (χ4n) is 8.13. The molecule has 4 aliphatic rings. The molecule has 1 amide bonds. The first kappa shape index (κ1) is 23.4. The molecule has 1 saturated carbocycles. The third-order valence-electron chi connectivity index (χ3n) is 9.65. The maximum Gasteiger partial charge on any atom is 0.298 e. The van der Waals surface area contributed by atoms with Crippen molar-refractivity contribution in [3.05, 3.63) is 58.7 Å². The third kappa shape index (κ3) is 2.90. The number of ether oxygens (including phenoxy) is 1. The number of hydrogen-bond donors (Lipinski definition) is 1. The van der Waals surface area contributed by atoms with Gasteiger partial charge < -0.3 is 24.5 Å². The molecule has 2 aliphatic carbocycles. The standard InChI is InChI=1S/C30H35N3O3/c1-19-7-6-8-20(17-19)9-12-25(35)33(5)22-13-14-30(31(2)3)24-18-21-10-11-23(34)27-26(21)29(30,28(22)36-27)15-16-32(24)4/h6-8,10-11,17,22,24,28,34H,13-16,18H2,1-5H3/t22-,24-,28+,29+,30-/m1/s1. The van der Waals surface area contributed by atoms with E-state index in [1.807, 2.05) is 38.2 Å². The van der Waals surface area contributed by atoms with Crippen LogP contribution in [0, 0.1) is 18.8 Å². The van der Waals surface area contributed by atoms with Crippen LogP contribution in [0.4, 0.5) is 0 Å². The number of aromatic hydroxyl groups is 1. The average Bonchev–Trinajstić information content (AvgIpc) is 3.21. The molecular weight excluding hydrogens is 450 g/mol. The second kappa shape index (κ2) is 7.99. The Balaban J connectivity index is 1.44. The van der Waals surface area contributed by atoms with E-state index in [1.54, 1.807) is 11.0 Å². The Morgan fingerprint density at radius 3 is 2.75 bits per heavy atom. The maximum absolute atomic E-state index is 13.4. The van der Waals surface area contributed by atoms with E-state index >= 15 is 0 Å². The number of hydrogen-bond acceptors (Lipinski definition) is 5. The highest BCUT2D eigenvalue weighted by Crippen LogP contribution is 2.66. The van der Waals surface area contributed by atoms with Gasteiger partial charge in [0.05, 0.1) is 11.5 Å². The van der Waals surface area contributed by atoms with Gasteiger partial charge in [0.1, 0.15) is 6.10 Å². The number of benzene rings is 2. The Labute approximate surface area is 213 Å². The molecular formula is C30H35N3O3. The molecule has 1 spiro atoms. The molecule has 1 saturated heterocycles. The quantitative estimate of drug-likeness (QED) is 0.663. The van der Waals surface area contributed by atoms with Crippen molar-refractivity contribution in [1.82, 2.24) is 14.7 Å². The van der Waals surface area contributed by atoms with Crippen LogP contribution < -0.4 is 4.74 Å². The minimum Gasteiger partial charge on any atom is -0.504 e. The normalized spacial score (nSPS) is 31.8. The number of aryl methyl sites for hydroxylation is 1. The second-order valence-electron chi connectivity index (χ2n) is 11.4. The lowest BCUT2D eigenvalue weighted by Crippen LogP contribution is -2.81. The highest BCUT2D eigenvalue weighted by Gasteiger charge is 2.74. The van der Waals surface area contributed by atoms with Crippen molar-refractivity contribution in [2.24, 2.45) is 0 Å². The van der Waals surface area contributed by atoms with E-state index < -0.39 is 0 Å². The molecule has 1 N–H and O–H groups in total. The predicted octanol–water partition coefficient (Wildman–Crippen LogP) is 2.93. The topological polar surface area (TPSA) is 56.2 Å². The van der Waals surface area contributed by atoms with Crippen LogP contribution >= 0.6 is 0 Å². The van der Waals surface area contributed by atoms with Crippen molar-refractivity contribution >= 4 is 5.91 Å². The minimum atomic E-state index is -0.295. The van der Waals surface area contributed by atoms with Crippen molar-refractivity contribution in [3.8, 4) is 23.3 Å². The molecule has 0 radical (unpaired) electrons. The molecule has 188 valence electrons. The molecule has 36 heavy (non-hydrogen) atoms. The van der Waals surface area contributed by atoms with Crippen LogP contribution in [0.2, 0.25) is 0 Å². The van der Waals surface area contributed by atoms with Gasteiger partial charge in [-0.15, -0.1) is 0 Å². The first-order valence-electron chi connectivity index (χ1n) is 13.0. The molecule has 6 rings (SSSR count). The summed E-state index contributed by atoms with van der Waals surface area (Å²) >= 11 is 0. The van der Waals surface area contributed by atoms with E-state index in [4.69, 9.17) is 4.74 Å². The Morgan fingerprint density at radius 1 is 1.19 bits per heavy atom. The molecule has 0 aromatic heterocycles. The number of carbonyl (C=O) groups is 1. The van der Waals surface area contributed by atoms with Crippen LogP contribution in [0.3, 0.4) is 0 Å². The summed E-state index contributed by atoms with van der Waals surface area (Å²) in [6.07, 6.45) is 3.42. The number of piperidine rings is 1. The number of phenolic OH excluding ortho intramolecular Hbond substituents is 1. The fraction of sp³-hybridized carbons (Fsp3) is 0.500. The Bertz CT molecular complexity index is 1310. The summed E-state index contributed by atoms with van der Waals surface area (Å²) in [5.41, 5.74) is 3.99. The smallest absolute Gasteiger partial charge is 0.298 e. The molecule has 2 bridgehead atoms. The summed E-state index contributed by atoms with van der Waals surface area (Å²) < 4.78 is 6.74. The van der Waals surface area contributed by atoms with Crippen LogP contribution in [-0.4, -0.2) is 84.2 Å². The van der Waals surface area contributed by atoms with Crippen LogP contribution in [0.25, 0.3) is 0 Å². The maximum atomic E-state index is 13.4. The molecule has 5 atom stereocenters. The van der Waals surface area contributed by atoms with E-state index in [-0.39, 0.29) is 34.8 Å². The zero-order chi connectivity index (χ0) is 25.4. The lowest BCUT2D eigenvalue weighted by molar-refractivity contribution is -0.156. The van der Waals surface area contributed by atoms with Crippen LogP contribution in [0.15, 0.2) is 36.4 Å². The Kier molecular flexibility index (Phi) is 5.19. The summed E-state index contributed by atoms with van der Waals surface area (Å²) in [7, 11) is 8.49. The molecule has 2 heterocycles. The van der Waals surface area contributed by atoms with E-state index in [0.29, 0.717) is 11.8 Å². The molecule has 2 fully saturated rings. The predicted molar refractivity (Wildman–Crippen MR) is 139 cm³/mol. The van der Waals surface area contributed by atoms with E-state index in [2.05, 4.69) is 48.9 Å². The van der Waals surface area contributed by atoms with Gasteiger partial charge in [0.25, 0.3) is 5.91 Å². The van der Waals surface area contributed by atoms with Crippen molar-refractivity contribution in [1.29, 1.82) is 0 Å². The molecule has 6 heteroatoms. The summed E-state index contributed by atoms with van der Waals surface area (Å²) in [5, 5.41) is 10.9. The lowest BCUT2D eigenvalue weighted by atomic mass is 9.46. The van der Waals surface area contributed by atoms with Crippen LogP contribution in [0.5, 0.6) is 11.5 Å². The zero-order valence-corrected chi connectivity index (χ0v) is 21.8. The number of phenols is 1. The van der Waals surface area contributed by atoms with Gasteiger partial charge in [-0.25, -0.2) is 0 Å². The van der Waals surface area contributed by atoms with Crippen molar-refractivity contribution in [2.75, 3.05) is 34.7 Å². The average molecular weight is 486 g/mol. The van der Waals surface area contributed by atoms with Gasteiger partial charge in [-0.2, -0.15) is 0 Å². The summed E-state index contributed by atoms with van der Waals surface area (Å²) in [6.45, 7) is 2.99. The summed E-state index contributed by atoms with van der Waals surface area (Å²) in [5.74, 6) is 6.57. The van der Waals surface area contributed by atoms with Gasteiger partial charge in [0.2, 0.25) is 0 Å². The van der Waals surface area contributed by atoms with Gasteiger partial charge in [-0.05, 0) is 89.6 Å². The number of rotatable bonds is 2. The lowest BCUT2D eigenvalue weighted by Gasteiger charge is -2.68. The summed E-state index contributed by atoms with van der Waals surface area (Å²) in [4.78, 5) is 20.1. The van der Waals surface area contributed by atoms with Crippen molar-refractivity contribution in [3.63, 3.8) is 0 Å². The molecule has 0 unspecified atom stereocenters. The minimum absolute atomic E-state index is 0.126. The first-order chi connectivity index (χ1) is 17.2. The SMILES string of the molecule is Cc1cccc(C#CC(=O)N(C)[C@@H]2CC[C@@]3(N(C)C)[C@H]4Cc5ccc(O)c6c5[C@@]3(CCN4C)[C@H]2O6)c1. The molecule has 2 aromatic carbocycles. The van der Waals surface area contributed by atoms with Crippen LogP contribution in [-0.2, 0) is 16.6 Å². The van der Waals surface area contributed by atoms with Crippen molar-refractivity contribution in [2.45, 2.75) is 61.7 Å². The van der Waals surface area contributed by atoms with Gasteiger partial charge in [0, 0.05) is 35.7 Å².